The Hall–Kier alpha value is -0.370. The molecule has 0 N–H and O–H groups in total. The van der Waals surface area contributed by atoms with E-state index < -0.39 is 0 Å². The van der Waals surface area contributed by atoms with E-state index >= 15 is 0 Å². The van der Waals surface area contributed by atoms with Crippen molar-refractivity contribution in [2.24, 2.45) is 5.41 Å². The zero-order chi connectivity index (χ0) is 11.6. The van der Waals surface area contributed by atoms with Gasteiger partial charge in [-0.25, -0.2) is 0 Å². The minimum atomic E-state index is 0.478. The predicted octanol–water partition coefficient (Wildman–Crippen LogP) is 3.01. The molecule has 0 spiro atoms. The number of ketones is 1. The van der Waals surface area contributed by atoms with Crippen LogP contribution in [0, 0.1) is 5.41 Å². The zero-order valence-electron chi connectivity index (χ0n) is 10.8. The highest BCUT2D eigenvalue weighted by Gasteiger charge is 2.32. The van der Waals surface area contributed by atoms with Crippen molar-refractivity contribution >= 4 is 5.78 Å². The lowest BCUT2D eigenvalue weighted by molar-refractivity contribution is -0.121. The van der Waals surface area contributed by atoms with Gasteiger partial charge in [-0.15, -0.1) is 0 Å². The van der Waals surface area contributed by atoms with Crippen molar-refractivity contribution in [3.63, 3.8) is 0 Å². The van der Waals surface area contributed by atoms with Gasteiger partial charge < -0.3 is 4.90 Å². The fourth-order valence-electron chi connectivity index (χ4n) is 3.07. The molecule has 16 heavy (non-hydrogen) atoms. The molecule has 0 amide bonds. The van der Waals surface area contributed by atoms with Crippen molar-refractivity contribution in [2.45, 2.75) is 64.8 Å². The summed E-state index contributed by atoms with van der Waals surface area (Å²) in [6.45, 7) is 7.25. The predicted molar refractivity (Wildman–Crippen MR) is 66.5 cm³/mol. The molecule has 2 fully saturated rings. The summed E-state index contributed by atoms with van der Waals surface area (Å²) in [4.78, 5) is 13.9. The van der Waals surface area contributed by atoms with Crippen LogP contribution in [0.25, 0.3) is 0 Å². The summed E-state index contributed by atoms with van der Waals surface area (Å²) < 4.78 is 0. The number of hydrogen-bond donors (Lipinski definition) is 0. The maximum atomic E-state index is 11.2. The van der Waals surface area contributed by atoms with Gasteiger partial charge in [-0.05, 0) is 44.2 Å². The summed E-state index contributed by atoms with van der Waals surface area (Å²) in [6, 6.07) is 0.708. The van der Waals surface area contributed by atoms with E-state index in [1.807, 2.05) is 0 Å². The highest BCUT2D eigenvalue weighted by Crippen LogP contribution is 2.36. The van der Waals surface area contributed by atoms with E-state index in [2.05, 4.69) is 18.7 Å². The van der Waals surface area contributed by atoms with Crippen LogP contribution in [0.3, 0.4) is 0 Å². The van der Waals surface area contributed by atoms with Crippen LogP contribution in [0.15, 0.2) is 0 Å². The van der Waals surface area contributed by atoms with Gasteiger partial charge in [-0.3, -0.25) is 4.79 Å². The molecule has 0 aromatic rings. The first-order valence-electron chi connectivity index (χ1n) is 6.89. The van der Waals surface area contributed by atoms with Crippen molar-refractivity contribution in [1.82, 2.24) is 4.90 Å². The summed E-state index contributed by atoms with van der Waals surface area (Å²) in [7, 11) is 0. The number of nitrogens with zero attached hydrogens (tertiary/aromatic N) is 1. The van der Waals surface area contributed by atoms with Gasteiger partial charge in [-0.1, -0.05) is 20.3 Å². The maximum Gasteiger partial charge on any atom is 0.133 e. The van der Waals surface area contributed by atoms with E-state index in [0.717, 1.165) is 25.7 Å². The van der Waals surface area contributed by atoms with Crippen molar-refractivity contribution in [2.75, 3.05) is 13.1 Å². The molecule has 2 rings (SSSR count). The Morgan fingerprint density at radius 2 is 1.81 bits per heavy atom. The Labute approximate surface area is 99.4 Å². The van der Waals surface area contributed by atoms with Crippen LogP contribution in [-0.2, 0) is 4.79 Å². The van der Waals surface area contributed by atoms with Crippen molar-refractivity contribution in [1.29, 1.82) is 0 Å². The molecule has 1 aliphatic carbocycles. The van der Waals surface area contributed by atoms with Crippen LogP contribution in [0.5, 0.6) is 0 Å². The molecule has 0 bridgehead atoms. The Bertz CT molecular complexity index is 243. The van der Waals surface area contributed by atoms with Crippen LogP contribution in [0.2, 0.25) is 0 Å². The first-order valence-corrected chi connectivity index (χ1v) is 6.89. The standard InChI is InChI=1S/C14H25NO/c1-3-14(2)8-10-15(11-9-14)12-4-6-13(16)7-5-12/h12H,3-11H2,1-2H3. The molecule has 1 saturated heterocycles. The highest BCUT2D eigenvalue weighted by molar-refractivity contribution is 5.79. The van der Waals surface area contributed by atoms with Crippen molar-refractivity contribution < 1.29 is 4.79 Å². The number of hydrogen-bond acceptors (Lipinski definition) is 2. The van der Waals surface area contributed by atoms with Gasteiger partial charge in [0.25, 0.3) is 0 Å². The van der Waals surface area contributed by atoms with Gasteiger partial charge in [0.15, 0.2) is 0 Å². The van der Waals surface area contributed by atoms with Crippen LogP contribution >= 0.6 is 0 Å². The van der Waals surface area contributed by atoms with E-state index in [9.17, 15) is 4.79 Å². The Morgan fingerprint density at radius 3 is 2.31 bits per heavy atom. The first-order chi connectivity index (χ1) is 7.63. The number of rotatable bonds is 2. The average molecular weight is 223 g/mol. The number of Topliss-reactive ketones (excluding diaryl/α,β-unsaturated/α-hetero) is 1. The van der Waals surface area contributed by atoms with Gasteiger partial charge in [0, 0.05) is 18.9 Å². The van der Waals surface area contributed by atoms with Crippen LogP contribution in [-0.4, -0.2) is 29.8 Å². The lowest BCUT2D eigenvalue weighted by Crippen LogP contribution is -2.45. The minimum Gasteiger partial charge on any atom is -0.300 e. The second-order valence-electron chi connectivity index (χ2n) is 5.97. The summed E-state index contributed by atoms with van der Waals surface area (Å²) in [5.74, 6) is 0.478. The number of carbonyl (C=O) groups excluding carboxylic acids is 1. The molecule has 0 radical (unpaired) electrons. The van der Waals surface area contributed by atoms with Gasteiger partial charge >= 0.3 is 0 Å². The van der Waals surface area contributed by atoms with E-state index in [1.54, 1.807) is 0 Å². The Kier molecular flexibility index (Phi) is 3.68. The quantitative estimate of drug-likeness (QED) is 0.717. The fourth-order valence-corrected chi connectivity index (χ4v) is 3.07. The number of piperidine rings is 1. The number of carbonyl (C=O) groups is 1. The third-order valence-electron chi connectivity index (χ3n) is 4.89. The van der Waals surface area contributed by atoms with E-state index in [0.29, 0.717) is 17.2 Å². The largest absolute Gasteiger partial charge is 0.300 e. The first kappa shape index (κ1) is 12.1. The van der Waals surface area contributed by atoms with Gasteiger partial charge in [0.2, 0.25) is 0 Å². The molecule has 92 valence electrons. The van der Waals surface area contributed by atoms with Gasteiger partial charge in [-0.2, -0.15) is 0 Å². The highest BCUT2D eigenvalue weighted by atomic mass is 16.1. The third kappa shape index (κ3) is 2.65. The molecule has 2 heteroatoms. The van der Waals surface area contributed by atoms with E-state index in [4.69, 9.17) is 0 Å². The normalized spacial score (nSPS) is 28.2. The second kappa shape index (κ2) is 4.87. The van der Waals surface area contributed by atoms with Crippen LogP contribution < -0.4 is 0 Å². The summed E-state index contributed by atoms with van der Waals surface area (Å²) >= 11 is 0. The van der Waals surface area contributed by atoms with Crippen molar-refractivity contribution in [3.05, 3.63) is 0 Å². The lowest BCUT2D eigenvalue weighted by Gasteiger charge is -2.43. The topological polar surface area (TPSA) is 20.3 Å². The molecular formula is C14H25NO. The molecule has 1 heterocycles. The summed E-state index contributed by atoms with van der Waals surface area (Å²) in [6.07, 6.45) is 7.87. The minimum absolute atomic E-state index is 0.478. The smallest absolute Gasteiger partial charge is 0.133 e. The molecule has 0 aromatic carbocycles. The Balaban J connectivity index is 1.82. The molecule has 2 aliphatic rings. The average Bonchev–Trinajstić information content (AvgIpc) is 2.32. The second-order valence-corrected chi connectivity index (χ2v) is 5.97. The number of likely N-dealkylation sites (tertiary alicyclic amines) is 1. The lowest BCUT2D eigenvalue weighted by atomic mass is 9.77. The molecule has 0 aromatic heterocycles. The van der Waals surface area contributed by atoms with E-state index in [1.165, 1.54) is 32.4 Å². The summed E-state index contributed by atoms with van der Waals surface area (Å²) in [5.41, 5.74) is 0.584. The Morgan fingerprint density at radius 1 is 1.25 bits per heavy atom. The van der Waals surface area contributed by atoms with Gasteiger partial charge in [0.05, 0.1) is 0 Å². The molecule has 1 saturated carbocycles. The molecular weight excluding hydrogens is 198 g/mol. The van der Waals surface area contributed by atoms with Crippen molar-refractivity contribution in [3.8, 4) is 0 Å². The van der Waals surface area contributed by atoms with Gasteiger partial charge in [0.1, 0.15) is 5.78 Å². The van der Waals surface area contributed by atoms with Crippen LogP contribution in [0.1, 0.15) is 58.8 Å². The molecule has 1 aliphatic heterocycles. The van der Waals surface area contributed by atoms with E-state index in [-0.39, 0.29) is 0 Å². The third-order valence-corrected chi connectivity index (χ3v) is 4.89. The van der Waals surface area contributed by atoms with Crippen LogP contribution in [0.4, 0.5) is 0 Å². The molecule has 0 atom stereocenters. The maximum absolute atomic E-state index is 11.2. The molecule has 2 nitrogen and oxygen atoms in total. The molecule has 0 unspecified atom stereocenters. The summed E-state index contributed by atoms with van der Waals surface area (Å²) in [5, 5.41) is 0. The zero-order valence-corrected chi connectivity index (χ0v) is 10.8. The monoisotopic (exact) mass is 223 g/mol. The SMILES string of the molecule is CCC1(C)CCN(C2CCC(=O)CC2)CC1. The fraction of sp³-hybridized carbons (Fsp3) is 0.929.